The molecule has 53 heavy (non-hydrogen) atoms. The number of allylic oxidation sites excluding steroid dienone is 2. The molecule has 5 aromatic carbocycles. The van der Waals surface area contributed by atoms with Gasteiger partial charge in [-0.1, -0.05) is 78.9 Å². The minimum Gasteiger partial charge on any atom is -0.454 e. The quantitative estimate of drug-likeness (QED) is 0.110. The fraction of sp³-hybridized carbons (Fsp3) is 0.167. The zero-order valence-corrected chi connectivity index (χ0v) is 28.1. The number of carbonyl (C=O) groups excluding carboxylic acids is 3. The third-order valence-corrected chi connectivity index (χ3v) is 11.3. The predicted molar refractivity (Wildman–Crippen MR) is 190 cm³/mol. The molecule has 2 amide bonds. The van der Waals surface area contributed by atoms with Crippen LogP contribution >= 0.6 is 0 Å². The summed E-state index contributed by atoms with van der Waals surface area (Å²) < 4.78 is 23.0. The number of ether oxygens (including phenoxy) is 4. The van der Waals surface area contributed by atoms with Crippen molar-refractivity contribution < 1.29 is 38.3 Å². The van der Waals surface area contributed by atoms with E-state index < -0.39 is 39.4 Å². The zero-order valence-electron chi connectivity index (χ0n) is 28.1. The maximum atomic E-state index is 16.2. The monoisotopic (exact) mass is 704 g/mol. The molecule has 0 unspecified atom stereocenters. The van der Waals surface area contributed by atoms with Gasteiger partial charge in [-0.15, -0.1) is 0 Å². The first kappa shape index (κ1) is 31.0. The Balaban J connectivity index is 1.36. The smallest absolute Gasteiger partial charge is 0.293 e. The van der Waals surface area contributed by atoms with E-state index in [1.54, 1.807) is 85.8 Å². The summed E-state index contributed by atoms with van der Waals surface area (Å²) in [5.41, 5.74) is -0.130. The van der Waals surface area contributed by atoms with Gasteiger partial charge in [-0.3, -0.25) is 24.5 Å². The minimum atomic E-state index is -1.73. The lowest BCUT2D eigenvalue weighted by atomic mass is 9.59. The van der Waals surface area contributed by atoms with E-state index >= 15 is 14.4 Å². The fourth-order valence-electron chi connectivity index (χ4n) is 9.43. The van der Waals surface area contributed by atoms with Crippen LogP contribution in [0.4, 0.5) is 11.4 Å². The molecule has 2 bridgehead atoms. The number of nitro groups is 1. The first-order chi connectivity index (χ1) is 25.8. The number of hydrogen-bond donors (Lipinski definition) is 0. The van der Waals surface area contributed by atoms with Gasteiger partial charge >= 0.3 is 0 Å². The number of hydrogen-bond acceptors (Lipinski definition) is 9. The zero-order chi connectivity index (χ0) is 36.2. The van der Waals surface area contributed by atoms with Crippen LogP contribution in [-0.2, 0) is 25.2 Å². The average molecular weight is 705 g/mol. The molecule has 0 aromatic heterocycles. The molecule has 260 valence electrons. The van der Waals surface area contributed by atoms with Gasteiger partial charge in [0.1, 0.15) is 5.69 Å². The number of nitro benzene ring substituents is 1. The van der Waals surface area contributed by atoms with Gasteiger partial charge < -0.3 is 18.9 Å². The molecule has 5 aromatic rings. The van der Waals surface area contributed by atoms with Crippen molar-refractivity contribution in [1.29, 1.82) is 0 Å². The van der Waals surface area contributed by atoms with Gasteiger partial charge in [0.05, 0.1) is 27.6 Å². The van der Waals surface area contributed by atoms with Crippen LogP contribution in [0.3, 0.4) is 0 Å². The summed E-state index contributed by atoms with van der Waals surface area (Å²) in [5.74, 6) is -2.27. The molecule has 2 fully saturated rings. The summed E-state index contributed by atoms with van der Waals surface area (Å²) >= 11 is 0. The highest BCUT2D eigenvalue weighted by Crippen LogP contribution is 2.75. The van der Waals surface area contributed by atoms with Crippen LogP contribution < -0.4 is 23.8 Å². The summed E-state index contributed by atoms with van der Waals surface area (Å²) in [6, 6.07) is 33.3. The Bertz CT molecular complexity index is 2360. The van der Waals surface area contributed by atoms with Crippen LogP contribution in [-0.4, -0.2) is 36.1 Å². The molecule has 0 N–H and O–H groups in total. The molecule has 1 saturated carbocycles. The van der Waals surface area contributed by atoms with E-state index in [2.05, 4.69) is 0 Å². The van der Waals surface area contributed by atoms with E-state index in [-0.39, 0.29) is 30.7 Å². The number of amides is 2. The second-order valence-corrected chi connectivity index (χ2v) is 13.8. The van der Waals surface area contributed by atoms with E-state index in [0.717, 1.165) is 4.90 Å². The number of Topliss-reactive ketones (excluding diaryl/α,β-unsaturated/α-hetero) is 1. The number of imide groups is 1. The molecule has 11 nitrogen and oxygen atoms in total. The number of rotatable bonds is 6. The van der Waals surface area contributed by atoms with Crippen molar-refractivity contribution in [1.82, 2.24) is 0 Å². The molecular weight excluding hydrogens is 676 g/mol. The van der Waals surface area contributed by atoms with E-state index in [0.29, 0.717) is 62.0 Å². The van der Waals surface area contributed by atoms with Crippen LogP contribution in [0.25, 0.3) is 11.1 Å². The lowest BCUT2D eigenvalue weighted by Gasteiger charge is -2.39. The molecule has 11 heteroatoms. The summed E-state index contributed by atoms with van der Waals surface area (Å²) in [6.45, 7) is 1.74. The van der Waals surface area contributed by atoms with Crippen molar-refractivity contribution in [2.24, 2.45) is 11.8 Å². The molecular formula is C42H28N2O9. The van der Waals surface area contributed by atoms with Gasteiger partial charge in [0.15, 0.2) is 28.8 Å². The molecule has 5 aliphatic rings. The van der Waals surface area contributed by atoms with Crippen LogP contribution in [0.5, 0.6) is 23.0 Å². The van der Waals surface area contributed by atoms with Crippen LogP contribution in [0, 0.1) is 28.9 Å². The number of ketones is 1. The number of benzene rings is 5. The Morgan fingerprint density at radius 2 is 1.09 bits per heavy atom. The second kappa shape index (κ2) is 10.9. The van der Waals surface area contributed by atoms with Crippen molar-refractivity contribution in [3.8, 4) is 23.0 Å². The molecule has 3 aliphatic heterocycles. The van der Waals surface area contributed by atoms with Crippen molar-refractivity contribution in [2.45, 2.75) is 17.8 Å². The molecule has 10 rings (SSSR count). The molecule has 0 spiro atoms. The van der Waals surface area contributed by atoms with Crippen LogP contribution in [0.2, 0.25) is 0 Å². The second-order valence-electron chi connectivity index (χ2n) is 13.8. The lowest BCUT2D eigenvalue weighted by molar-refractivity contribution is -0.384. The maximum absolute atomic E-state index is 16.2. The summed E-state index contributed by atoms with van der Waals surface area (Å²) in [5, 5.41) is 12.5. The molecule has 1 saturated heterocycles. The van der Waals surface area contributed by atoms with Gasteiger partial charge in [0.25, 0.3) is 5.69 Å². The van der Waals surface area contributed by atoms with Gasteiger partial charge in [0, 0.05) is 6.07 Å². The van der Waals surface area contributed by atoms with Crippen molar-refractivity contribution in [2.75, 3.05) is 18.5 Å². The topological polar surface area (TPSA) is 135 Å². The Hall–Kier alpha value is -6.75. The van der Waals surface area contributed by atoms with E-state index in [1.807, 2.05) is 24.3 Å². The van der Waals surface area contributed by atoms with Gasteiger partial charge in [-0.2, -0.15) is 0 Å². The highest BCUT2D eigenvalue weighted by atomic mass is 16.7. The third-order valence-electron chi connectivity index (χ3n) is 11.3. The molecule has 4 atom stereocenters. The molecule has 2 aliphatic carbocycles. The molecule has 3 heterocycles. The van der Waals surface area contributed by atoms with Crippen molar-refractivity contribution >= 4 is 40.1 Å². The van der Waals surface area contributed by atoms with Gasteiger partial charge in [-0.25, -0.2) is 4.90 Å². The standard InChI is InChI=1S/C42H28N2O9/c1-23-12-15-28(29(18-23)44(48)49)43-38(45)36-37(39(43)46)42(27-10-6-3-7-11-27)35(25-14-17-31-33(20-25)53-22-51-31)34(24-13-16-30-32(19-24)52-21-50-30)41(36,40(42)47)26-8-4-2-5-9-26/h2-20,36-37H,21-22H2,1H3/t36-,37-,41-,42-/m0/s1. The first-order valence-corrected chi connectivity index (χ1v) is 17.1. The number of nitrogens with zero attached hydrogens (tertiary/aromatic N) is 2. The minimum absolute atomic E-state index is 0.0194. The average Bonchev–Trinajstić information content (AvgIpc) is 3.98. The highest BCUT2D eigenvalue weighted by molar-refractivity contribution is 6.39. The normalized spacial score (nSPS) is 24.7. The van der Waals surface area contributed by atoms with E-state index in [9.17, 15) is 10.1 Å². The SMILES string of the molecule is Cc1ccc(N2C(=O)[C@@H]3[C@@H](C2=O)[C@@]2(c4ccccc4)C(=O)[C@@]3(c3ccccc3)C(c3ccc4c(c3)OCO4)=C2c2ccc3c(c2)OCO3)c([N+](=O)[O-])c1. The first-order valence-electron chi connectivity index (χ1n) is 17.1. The Morgan fingerprint density at radius 1 is 0.623 bits per heavy atom. The summed E-state index contributed by atoms with van der Waals surface area (Å²) in [4.78, 5) is 59.7. The van der Waals surface area contributed by atoms with Gasteiger partial charge in [0.2, 0.25) is 25.4 Å². The largest absolute Gasteiger partial charge is 0.454 e. The fourth-order valence-corrected chi connectivity index (χ4v) is 9.43. The van der Waals surface area contributed by atoms with Crippen LogP contribution in [0.1, 0.15) is 27.8 Å². The molecule has 0 radical (unpaired) electrons. The third kappa shape index (κ3) is 3.85. The maximum Gasteiger partial charge on any atom is 0.293 e. The van der Waals surface area contributed by atoms with Gasteiger partial charge in [-0.05, 0) is 76.2 Å². The lowest BCUT2D eigenvalue weighted by Crippen LogP contribution is -2.45. The predicted octanol–water partition coefficient (Wildman–Crippen LogP) is 6.55. The number of fused-ring (bicyclic) bond motifs is 7. The van der Waals surface area contributed by atoms with Crippen LogP contribution in [0.15, 0.2) is 115 Å². The van der Waals surface area contributed by atoms with Crippen molar-refractivity contribution in [3.63, 3.8) is 0 Å². The van der Waals surface area contributed by atoms with E-state index in [4.69, 9.17) is 18.9 Å². The summed E-state index contributed by atoms with van der Waals surface area (Å²) in [6.07, 6.45) is 0. The van der Waals surface area contributed by atoms with Crippen molar-refractivity contribution in [3.05, 3.63) is 153 Å². The Labute approximate surface area is 302 Å². The highest BCUT2D eigenvalue weighted by Gasteiger charge is 2.83. The Kier molecular flexibility index (Phi) is 6.37. The summed E-state index contributed by atoms with van der Waals surface area (Å²) in [7, 11) is 0. The van der Waals surface area contributed by atoms with E-state index in [1.165, 1.54) is 12.1 Å². The number of anilines is 1. The Morgan fingerprint density at radius 3 is 1.57 bits per heavy atom. The number of aryl methyl sites for hydroxylation is 1. The number of carbonyl (C=O) groups is 3.